The van der Waals surface area contributed by atoms with Gasteiger partial charge in [0.2, 0.25) is 0 Å². The van der Waals surface area contributed by atoms with E-state index >= 15 is 0 Å². The number of methoxy groups -OCH3 is 1. The summed E-state index contributed by atoms with van der Waals surface area (Å²) in [7, 11) is 1.82. The van der Waals surface area contributed by atoms with Gasteiger partial charge in [0.05, 0.1) is 6.61 Å². The highest BCUT2D eigenvalue weighted by molar-refractivity contribution is 4.87. The van der Waals surface area contributed by atoms with Crippen molar-refractivity contribution in [1.29, 1.82) is 0 Å². The lowest BCUT2D eigenvalue weighted by Crippen LogP contribution is -2.49. The van der Waals surface area contributed by atoms with Crippen LogP contribution in [0.25, 0.3) is 0 Å². The van der Waals surface area contributed by atoms with E-state index in [1.165, 1.54) is 45.2 Å². The molecule has 4 unspecified atom stereocenters. The lowest BCUT2D eigenvalue weighted by Gasteiger charge is -2.42. The molecule has 0 aromatic carbocycles. The van der Waals surface area contributed by atoms with Crippen LogP contribution in [0.3, 0.4) is 0 Å². The summed E-state index contributed by atoms with van der Waals surface area (Å²) in [5.41, 5.74) is 0. The molecule has 112 valence electrons. The van der Waals surface area contributed by atoms with Crippen LogP contribution < -0.4 is 5.32 Å². The van der Waals surface area contributed by atoms with E-state index in [0.717, 1.165) is 31.0 Å². The van der Waals surface area contributed by atoms with Crippen LogP contribution in [0.15, 0.2) is 0 Å². The van der Waals surface area contributed by atoms with E-state index in [9.17, 15) is 0 Å². The molecule has 0 spiro atoms. The maximum absolute atomic E-state index is 5.33. The summed E-state index contributed by atoms with van der Waals surface area (Å²) in [4.78, 5) is 2.72. The molecule has 1 N–H and O–H groups in total. The fraction of sp³-hybridized carbons (Fsp3) is 1.00. The Morgan fingerprint density at radius 1 is 1.21 bits per heavy atom. The Morgan fingerprint density at radius 2 is 2.05 bits per heavy atom. The first-order chi connectivity index (χ1) is 9.20. The van der Waals surface area contributed by atoms with Crippen molar-refractivity contribution < 1.29 is 4.74 Å². The van der Waals surface area contributed by atoms with Gasteiger partial charge in [-0.3, -0.25) is 4.90 Å². The fourth-order valence-electron chi connectivity index (χ4n) is 3.81. The minimum atomic E-state index is 0.710. The number of rotatable bonds is 6. The Morgan fingerprint density at radius 3 is 2.74 bits per heavy atom. The number of nitrogens with zero attached hydrogens (tertiary/aromatic N) is 1. The number of nitrogens with one attached hydrogen (secondary N) is 1. The van der Waals surface area contributed by atoms with Crippen LogP contribution in [0.2, 0.25) is 0 Å². The molecule has 3 nitrogen and oxygen atoms in total. The zero-order valence-electron chi connectivity index (χ0n) is 13.0. The zero-order valence-corrected chi connectivity index (χ0v) is 13.0. The Labute approximate surface area is 119 Å². The van der Waals surface area contributed by atoms with Crippen LogP contribution in [0.4, 0.5) is 0 Å². The van der Waals surface area contributed by atoms with Crippen molar-refractivity contribution >= 4 is 0 Å². The number of hydrogen-bond acceptors (Lipinski definition) is 3. The third-order valence-electron chi connectivity index (χ3n) is 5.08. The van der Waals surface area contributed by atoms with E-state index in [0.29, 0.717) is 6.04 Å². The third-order valence-corrected chi connectivity index (χ3v) is 5.08. The number of ether oxygens (including phenoxy) is 1. The van der Waals surface area contributed by atoms with Gasteiger partial charge in [-0.15, -0.1) is 0 Å². The first kappa shape index (κ1) is 15.3. The molecule has 2 rings (SSSR count). The van der Waals surface area contributed by atoms with Gasteiger partial charge in [-0.05, 0) is 44.1 Å². The first-order valence-corrected chi connectivity index (χ1v) is 8.17. The van der Waals surface area contributed by atoms with Gasteiger partial charge < -0.3 is 10.1 Å². The Kier molecular flexibility index (Phi) is 6.11. The normalized spacial score (nSPS) is 36.0. The molecule has 0 aromatic heterocycles. The SMILES string of the molecule is COCCN(CC1CCCN1)C1CC(C)CCC1C. The van der Waals surface area contributed by atoms with Crippen molar-refractivity contribution in [2.75, 3.05) is 33.4 Å². The molecule has 1 heterocycles. The van der Waals surface area contributed by atoms with Crippen LogP contribution >= 0.6 is 0 Å². The van der Waals surface area contributed by atoms with Crippen molar-refractivity contribution in [3.8, 4) is 0 Å². The highest BCUT2D eigenvalue weighted by atomic mass is 16.5. The van der Waals surface area contributed by atoms with Crippen molar-refractivity contribution in [3.05, 3.63) is 0 Å². The van der Waals surface area contributed by atoms with Gasteiger partial charge >= 0.3 is 0 Å². The van der Waals surface area contributed by atoms with Gasteiger partial charge in [0.25, 0.3) is 0 Å². The summed E-state index contributed by atoms with van der Waals surface area (Å²) in [5, 5.41) is 3.65. The van der Waals surface area contributed by atoms with Gasteiger partial charge in [-0.1, -0.05) is 20.3 Å². The van der Waals surface area contributed by atoms with Crippen molar-refractivity contribution in [2.45, 2.75) is 58.0 Å². The summed E-state index contributed by atoms with van der Waals surface area (Å²) in [6.07, 6.45) is 6.88. The van der Waals surface area contributed by atoms with Gasteiger partial charge in [0, 0.05) is 32.3 Å². The van der Waals surface area contributed by atoms with E-state index in [1.807, 2.05) is 7.11 Å². The largest absolute Gasteiger partial charge is 0.383 e. The summed E-state index contributed by atoms with van der Waals surface area (Å²) >= 11 is 0. The smallest absolute Gasteiger partial charge is 0.0589 e. The van der Waals surface area contributed by atoms with Crippen molar-refractivity contribution in [1.82, 2.24) is 10.2 Å². The quantitative estimate of drug-likeness (QED) is 0.801. The predicted octanol–water partition coefficient (Wildman–Crippen LogP) is 2.51. The number of hydrogen-bond donors (Lipinski definition) is 1. The molecule has 0 amide bonds. The van der Waals surface area contributed by atoms with Gasteiger partial charge in [0.1, 0.15) is 0 Å². The van der Waals surface area contributed by atoms with E-state index in [4.69, 9.17) is 4.74 Å². The van der Waals surface area contributed by atoms with E-state index in [1.54, 1.807) is 0 Å². The molecule has 19 heavy (non-hydrogen) atoms. The minimum Gasteiger partial charge on any atom is -0.383 e. The average Bonchev–Trinajstić information content (AvgIpc) is 2.90. The van der Waals surface area contributed by atoms with Crippen molar-refractivity contribution in [3.63, 3.8) is 0 Å². The molecule has 1 saturated carbocycles. The molecule has 0 bridgehead atoms. The average molecular weight is 268 g/mol. The van der Waals surface area contributed by atoms with Crippen LogP contribution in [0, 0.1) is 11.8 Å². The third kappa shape index (κ3) is 4.44. The van der Waals surface area contributed by atoms with Crippen molar-refractivity contribution in [2.24, 2.45) is 11.8 Å². The van der Waals surface area contributed by atoms with E-state index in [-0.39, 0.29) is 0 Å². The maximum atomic E-state index is 5.33. The topological polar surface area (TPSA) is 24.5 Å². The highest BCUT2D eigenvalue weighted by Crippen LogP contribution is 2.32. The molecular formula is C16H32N2O. The van der Waals surface area contributed by atoms with Gasteiger partial charge in [0.15, 0.2) is 0 Å². The molecule has 0 aromatic rings. The monoisotopic (exact) mass is 268 g/mol. The first-order valence-electron chi connectivity index (χ1n) is 8.17. The zero-order chi connectivity index (χ0) is 13.7. The second-order valence-electron chi connectivity index (χ2n) is 6.74. The minimum absolute atomic E-state index is 0.710. The Hall–Kier alpha value is -0.120. The molecular weight excluding hydrogens is 236 g/mol. The molecule has 4 atom stereocenters. The Bertz CT molecular complexity index is 253. The maximum Gasteiger partial charge on any atom is 0.0589 e. The summed E-state index contributed by atoms with van der Waals surface area (Å²) in [6.45, 7) is 9.24. The van der Waals surface area contributed by atoms with Crippen LogP contribution in [-0.4, -0.2) is 50.3 Å². The van der Waals surface area contributed by atoms with Crippen LogP contribution in [0.5, 0.6) is 0 Å². The summed E-state index contributed by atoms with van der Waals surface area (Å²) in [6, 6.07) is 1.47. The van der Waals surface area contributed by atoms with Gasteiger partial charge in [-0.25, -0.2) is 0 Å². The summed E-state index contributed by atoms with van der Waals surface area (Å²) in [5.74, 6) is 1.73. The van der Waals surface area contributed by atoms with E-state index < -0.39 is 0 Å². The molecule has 0 radical (unpaired) electrons. The molecule has 1 aliphatic heterocycles. The second kappa shape index (κ2) is 7.61. The van der Waals surface area contributed by atoms with Crippen LogP contribution in [0.1, 0.15) is 46.0 Å². The lowest BCUT2D eigenvalue weighted by atomic mass is 9.79. The molecule has 1 aliphatic carbocycles. The fourth-order valence-corrected chi connectivity index (χ4v) is 3.81. The highest BCUT2D eigenvalue weighted by Gasteiger charge is 2.31. The molecule has 1 saturated heterocycles. The molecule has 3 heteroatoms. The standard InChI is InChI=1S/C16H32N2O/c1-13-6-7-14(2)16(11-13)18(9-10-19-3)12-15-5-4-8-17-15/h13-17H,4-12H2,1-3H3. The predicted molar refractivity (Wildman–Crippen MR) is 80.4 cm³/mol. The van der Waals surface area contributed by atoms with Crippen LogP contribution in [-0.2, 0) is 4.74 Å². The summed E-state index contributed by atoms with van der Waals surface area (Å²) < 4.78 is 5.33. The Balaban J connectivity index is 1.93. The molecule has 2 fully saturated rings. The second-order valence-corrected chi connectivity index (χ2v) is 6.74. The molecule has 2 aliphatic rings. The lowest BCUT2D eigenvalue weighted by molar-refractivity contribution is 0.0570. The van der Waals surface area contributed by atoms with Gasteiger partial charge in [-0.2, -0.15) is 0 Å². The van der Waals surface area contributed by atoms with E-state index in [2.05, 4.69) is 24.1 Å².